The Morgan fingerprint density at radius 1 is 1.30 bits per heavy atom. The van der Waals surface area contributed by atoms with Crippen molar-refractivity contribution < 1.29 is 14.7 Å². The summed E-state index contributed by atoms with van der Waals surface area (Å²) in [5, 5.41) is 14.8. The van der Waals surface area contributed by atoms with Gasteiger partial charge in [-0.15, -0.1) is 0 Å². The molecule has 5 nitrogen and oxygen atoms in total. The van der Waals surface area contributed by atoms with Gasteiger partial charge in [0.2, 0.25) is 0 Å². The highest BCUT2D eigenvalue weighted by molar-refractivity contribution is 7.98. The van der Waals surface area contributed by atoms with Crippen LogP contribution in [-0.4, -0.2) is 41.7 Å². The zero-order chi connectivity index (χ0) is 15.0. The van der Waals surface area contributed by atoms with Gasteiger partial charge in [0.25, 0.3) is 0 Å². The zero-order valence-electron chi connectivity index (χ0n) is 12.4. The molecule has 1 unspecified atom stereocenters. The molecule has 116 valence electrons. The van der Waals surface area contributed by atoms with Gasteiger partial charge in [-0.2, -0.15) is 11.8 Å². The van der Waals surface area contributed by atoms with Crippen LogP contribution in [0.1, 0.15) is 45.4 Å². The van der Waals surface area contributed by atoms with Crippen molar-refractivity contribution in [2.24, 2.45) is 5.41 Å². The summed E-state index contributed by atoms with van der Waals surface area (Å²) >= 11 is 1.69. The third kappa shape index (κ3) is 6.03. The molecule has 20 heavy (non-hydrogen) atoms. The van der Waals surface area contributed by atoms with E-state index in [1.165, 1.54) is 6.42 Å². The molecule has 0 heterocycles. The molecule has 1 fully saturated rings. The number of carboxylic acids is 1. The number of nitrogens with one attached hydrogen (secondary N) is 2. The summed E-state index contributed by atoms with van der Waals surface area (Å²) < 4.78 is 0. The summed E-state index contributed by atoms with van der Waals surface area (Å²) in [6.45, 7) is 2.42. The average Bonchev–Trinajstić information content (AvgIpc) is 2.37. The van der Waals surface area contributed by atoms with Crippen LogP contribution >= 0.6 is 11.8 Å². The maximum Gasteiger partial charge on any atom is 0.315 e. The molecular formula is C14H26N2O3S. The van der Waals surface area contributed by atoms with E-state index in [2.05, 4.69) is 10.6 Å². The Balaban J connectivity index is 2.45. The van der Waals surface area contributed by atoms with E-state index >= 15 is 0 Å². The second kappa shape index (κ2) is 8.39. The van der Waals surface area contributed by atoms with E-state index in [4.69, 9.17) is 5.11 Å². The van der Waals surface area contributed by atoms with Crippen molar-refractivity contribution in [1.29, 1.82) is 0 Å². The molecule has 3 N–H and O–H groups in total. The lowest BCUT2D eigenvalue weighted by Crippen LogP contribution is -2.47. The highest BCUT2D eigenvalue weighted by Crippen LogP contribution is 2.38. The van der Waals surface area contributed by atoms with Crippen molar-refractivity contribution in [2.45, 2.75) is 51.5 Å². The number of amides is 2. The second-order valence-corrected chi connectivity index (χ2v) is 6.73. The first-order valence-electron chi connectivity index (χ1n) is 7.22. The van der Waals surface area contributed by atoms with E-state index in [0.717, 1.165) is 31.4 Å². The standard InChI is InChI=1S/C14H26N2O3S/c1-11(9-20-2)16-13(19)15-10-14(8-12(17)18)6-4-3-5-7-14/h11H,3-10H2,1-2H3,(H,17,18)(H2,15,16,19). The molecule has 0 radical (unpaired) electrons. The minimum absolute atomic E-state index is 0.117. The molecular weight excluding hydrogens is 276 g/mol. The van der Waals surface area contributed by atoms with Gasteiger partial charge in [0.1, 0.15) is 0 Å². The van der Waals surface area contributed by atoms with Crippen molar-refractivity contribution in [3.63, 3.8) is 0 Å². The Hall–Kier alpha value is -0.910. The normalized spacial score (nSPS) is 19.1. The first-order valence-corrected chi connectivity index (χ1v) is 8.62. The number of thioether (sulfide) groups is 1. The van der Waals surface area contributed by atoms with Gasteiger partial charge in [0.15, 0.2) is 0 Å². The SMILES string of the molecule is CSCC(C)NC(=O)NCC1(CC(=O)O)CCCCC1. The fourth-order valence-electron chi connectivity index (χ4n) is 2.87. The lowest BCUT2D eigenvalue weighted by Gasteiger charge is -2.36. The molecule has 0 saturated heterocycles. The van der Waals surface area contributed by atoms with Crippen LogP contribution in [0.2, 0.25) is 0 Å². The fourth-order valence-corrected chi connectivity index (χ4v) is 3.46. The first kappa shape index (κ1) is 17.1. The molecule has 1 rings (SSSR count). The molecule has 1 aliphatic carbocycles. The van der Waals surface area contributed by atoms with Gasteiger partial charge in [-0.05, 0) is 31.4 Å². The summed E-state index contributed by atoms with van der Waals surface area (Å²) in [6, 6.07) is -0.0753. The largest absolute Gasteiger partial charge is 0.481 e. The summed E-state index contributed by atoms with van der Waals surface area (Å²) in [5.41, 5.74) is -0.260. The summed E-state index contributed by atoms with van der Waals surface area (Å²) in [5.74, 6) is 0.0955. The van der Waals surface area contributed by atoms with Crippen molar-refractivity contribution in [1.82, 2.24) is 10.6 Å². The van der Waals surface area contributed by atoms with E-state index in [9.17, 15) is 9.59 Å². The molecule has 0 aromatic carbocycles. The highest BCUT2D eigenvalue weighted by Gasteiger charge is 2.34. The first-order chi connectivity index (χ1) is 9.47. The predicted octanol–water partition coefficient (Wildman–Crippen LogP) is 2.46. The lowest BCUT2D eigenvalue weighted by molar-refractivity contribution is -0.140. The maximum atomic E-state index is 11.8. The molecule has 1 atom stereocenters. The van der Waals surface area contributed by atoms with Crippen LogP contribution in [0.15, 0.2) is 0 Å². The van der Waals surface area contributed by atoms with Crippen LogP contribution in [0.4, 0.5) is 4.79 Å². The van der Waals surface area contributed by atoms with Crippen LogP contribution in [0.3, 0.4) is 0 Å². The van der Waals surface area contributed by atoms with Gasteiger partial charge in [0, 0.05) is 18.3 Å². The third-order valence-corrected chi connectivity index (χ3v) is 4.69. The van der Waals surface area contributed by atoms with Gasteiger partial charge >= 0.3 is 12.0 Å². The quantitative estimate of drug-likeness (QED) is 0.675. The average molecular weight is 302 g/mol. The van der Waals surface area contributed by atoms with Gasteiger partial charge in [0.05, 0.1) is 6.42 Å². The number of rotatable bonds is 7. The minimum atomic E-state index is -0.773. The number of hydrogen-bond acceptors (Lipinski definition) is 3. The Labute approximate surface area is 125 Å². The molecule has 6 heteroatoms. The monoisotopic (exact) mass is 302 g/mol. The predicted molar refractivity (Wildman–Crippen MR) is 82.1 cm³/mol. The third-order valence-electron chi connectivity index (χ3n) is 3.86. The van der Waals surface area contributed by atoms with Crippen molar-refractivity contribution in [3.05, 3.63) is 0 Å². The molecule has 1 aliphatic rings. The molecule has 0 bridgehead atoms. The Bertz CT molecular complexity index is 330. The number of carbonyl (C=O) groups is 2. The van der Waals surface area contributed by atoms with E-state index in [0.29, 0.717) is 6.54 Å². The van der Waals surface area contributed by atoms with Crippen LogP contribution in [0, 0.1) is 5.41 Å². The summed E-state index contributed by atoms with van der Waals surface area (Å²) in [4.78, 5) is 22.9. The van der Waals surface area contributed by atoms with Crippen LogP contribution < -0.4 is 10.6 Å². The zero-order valence-corrected chi connectivity index (χ0v) is 13.2. The Morgan fingerprint density at radius 2 is 1.95 bits per heavy atom. The number of carbonyl (C=O) groups excluding carboxylic acids is 1. The molecule has 1 saturated carbocycles. The minimum Gasteiger partial charge on any atom is -0.481 e. The number of carboxylic acid groups (broad SMARTS) is 1. The smallest absolute Gasteiger partial charge is 0.315 e. The maximum absolute atomic E-state index is 11.8. The van der Waals surface area contributed by atoms with Crippen LogP contribution in [0.5, 0.6) is 0 Å². The summed E-state index contributed by atoms with van der Waals surface area (Å²) in [6.07, 6.45) is 7.20. The Morgan fingerprint density at radius 3 is 2.50 bits per heavy atom. The van der Waals surface area contributed by atoms with Gasteiger partial charge in [-0.3, -0.25) is 4.79 Å². The van der Waals surface area contributed by atoms with E-state index in [1.807, 2.05) is 13.2 Å². The highest BCUT2D eigenvalue weighted by atomic mass is 32.2. The van der Waals surface area contributed by atoms with Crippen molar-refractivity contribution in [3.8, 4) is 0 Å². The van der Waals surface area contributed by atoms with E-state index in [-0.39, 0.29) is 23.9 Å². The number of hydrogen-bond donors (Lipinski definition) is 3. The van der Waals surface area contributed by atoms with Crippen molar-refractivity contribution in [2.75, 3.05) is 18.6 Å². The molecule has 0 spiro atoms. The molecule has 0 aromatic heterocycles. The van der Waals surface area contributed by atoms with Gasteiger partial charge in [-0.1, -0.05) is 19.3 Å². The van der Waals surface area contributed by atoms with Crippen LogP contribution in [-0.2, 0) is 4.79 Å². The lowest BCUT2D eigenvalue weighted by atomic mass is 9.72. The second-order valence-electron chi connectivity index (χ2n) is 5.81. The van der Waals surface area contributed by atoms with Gasteiger partial charge in [-0.25, -0.2) is 4.79 Å². The Kier molecular flexibility index (Phi) is 7.19. The van der Waals surface area contributed by atoms with Crippen molar-refractivity contribution >= 4 is 23.8 Å². The molecule has 0 aromatic rings. The number of aliphatic carboxylic acids is 1. The summed E-state index contributed by atoms with van der Waals surface area (Å²) in [7, 11) is 0. The molecule has 0 aliphatic heterocycles. The molecule has 2 amide bonds. The fraction of sp³-hybridized carbons (Fsp3) is 0.857. The number of urea groups is 1. The van der Waals surface area contributed by atoms with Gasteiger partial charge < -0.3 is 15.7 Å². The van der Waals surface area contributed by atoms with E-state index in [1.54, 1.807) is 11.8 Å². The van der Waals surface area contributed by atoms with Crippen LogP contribution in [0.25, 0.3) is 0 Å². The van der Waals surface area contributed by atoms with E-state index < -0.39 is 5.97 Å². The topological polar surface area (TPSA) is 78.4 Å².